The van der Waals surface area contributed by atoms with Gasteiger partial charge in [-0.2, -0.15) is 0 Å². The summed E-state index contributed by atoms with van der Waals surface area (Å²) in [6.07, 6.45) is 0. The Morgan fingerprint density at radius 2 is 2.10 bits per heavy atom. The number of aryl methyl sites for hydroxylation is 1. The molecule has 0 saturated carbocycles. The first-order chi connectivity index (χ1) is 9.46. The molecule has 0 spiro atoms. The number of nitrogens with one attached hydrogen (secondary N) is 1. The van der Waals surface area contributed by atoms with Gasteiger partial charge in [0.2, 0.25) is 0 Å². The van der Waals surface area contributed by atoms with E-state index in [1.54, 1.807) is 0 Å². The van der Waals surface area contributed by atoms with E-state index >= 15 is 0 Å². The predicted octanol–water partition coefficient (Wildman–Crippen LogP) is 1.77. The summed E-state index contributed by atoms with van der Waals surface area (Å²) in [6.45, 7) is 12.4. The molecular formula is C14H23N3O2S. The van der Waals surface area contributed by atoms with Gasteiger partial charge in [0.1, 0.15) is 9.88 Å². The van der Waals surface area contributed by atoms with E-state index in [0.717, 1.165) is 36.9 Å². The predicted molar refractivity (Wildman–Crippen MR) is 80.3 cm³/mol. The van der Waals surface area contributed by atoms with Crippen LogP contribution in [0.25, 0.3) is 0 Å². The average molecular weight is 297 g/mol. The summed E-state index contributed by atoms with van der Waals surface area (Å²) in [5.41, 5.74) is 0.620. The van der Waals surface area contributed by atoms with Crippen molar-refractivity contribution in [2.75, 3.05) is 32.8 Å². The molecule has 1 N–H and O–H groups in total. The molecule has 0 atom stereocenters. The molecule has 0 aromatic carbocycles. The summed E-state index contributed by atoms with van der Waals surface area (Å²) in [5, 5.41) is 4.34. The van der Waals surface area contributed by atoms with Crippen LogP contribution in [0.5, 0.6) is 0 Å². The van der Waals surface area contributed by atoms with Gasteiger partial charge >= 0.3 is 5.97 Å². The Morgan fingerprint density at radius 3 is 2.70 bits per heavy atom. The lowest BCUT2D eigenvalue weighted by Crippen LogP contribution is -2.51. The summed E-state index contributed by atoms with van der Waals surface area (Å²) < 4.78 is 5.09. The van der Waals surface area contributed by atoms with Crippen LogP contribution in [0.2, 0.25) is 0 Å². The Balaban J connectivity index is 2.23. The maximum absolute atomic E-state index is 11.9. The molecule has 0 radical (unpaired) electrons. The second-order valence-electron chi connectivity index (χ2n) is 5.45. The Morgan fingerprint density at radius 1 is 1.45 bits per heavy atom. The molecule has 0 aliphatic carbocycles. The fraction of sp³-hybridized carbons (Fsp3) is 0.714. The fourth-order valence-electron chi connectivity index (χ4n) is 2.40. The largest absolute Gasteiger partial charge is 0.462 e. The third-order valence-corrected chi connectivity index (χ3v) is 5.14. The van der Waals surface area contributed by atoms with E-state index in [-0.39, 0.29) is 11.5 Å². The monoisotopic (exact) mass is 297 g/mol. The van der Waals surface area contributed by atoms with Gasteiger partial charge in [-0.25, -0.2) is 9.78 Å². The van der Waals surface area contributed by atoms with Gasteiger partial charge in [0.05, 0.1) is 17.8 Å². The van der Waals surface area contributed by atoms with E-state index in [1.807, 2.05) is 13.8 Å². The quantitative estimate of drug-likeness (QED) is 0.858. The smallest absolute Gasteiger partial charge is 0.350 e. The highest BCUT2D eigenvalue weighted by Gasteiger charge is 2.34. The number of piperazine rings is 1. The molecular weight excluding hydrogens is 274 g/mol. The number of hydrogen-bond acceptors (Lipinski definition) is 6. The van der Waals surface area contributed by atoms with E-state index in [4.69, 9.17) is 4.74 Å². The number of rotatable bonds is 4. The van der Waals surface area contributed by atoms with Crippen molar-refractivity contribution in [1.82, 2.24) is 15.2 Å². The van der Waals surface area contributed by atoms with Crippen molar-refractivity contribution >= 4 is 17.3 Å². The molecule has 1 fully saturated rings. The zero-order valence-electron chi connectivity index (χ0n) is 12.7. The second-order valence-corrected chi connectivity index (χ2v) is 6.45. The van der Waals surface area contributed by atoms with Crippen LogP contribution >= 0.6 is 11.3 Å². The molecule has 1 aromatic heterocycles. The number of nitrogens with zero attached hydrogens (tertiary/aromatic N) is 2. The Hall–Kier alpha value is -0.980. The molecule has 6 heteroatoms. The summed E-state index contributed by atoms with van der Waals surface area (Å²) in [6, 6.07) is 0. The third-order valence-electron chi connectivity index (χ3n) is 3.69. The number of thiazole rings is 1. The van der Waals surface area contributed by atoms with E-state index in [2.05, 4.69) is 29.0 Å². The molecule has 1 aromatic rings. The zero-order valence-corrected chi connectivity index (χ0v) is 13.5. The number of carbonyl (C=O) groups excluding carboxylic acids is 1. The summed E-state index contributed by atoms with van der Waals surface area (Å²) in [7, 11) is 0. The average Bonchev–Trinajstić information content (AvgIpc) is 2.83. The number of esters is 1. The first-order valence-corrected chi connectivity index (χ1v) is 7.89. The van der Waals surface area contributed by atoms with Crippen molar-refractivity contribution < 1.29 is 9.53 Å². The summed E-state index contributed by atoms with van der Waals surface area (Å²) in [5.74, 6) is -0.259. The minimum absolute atomic E-state index is 0.151. The van der Waals surface area contributed by atoms with Crippen molar-refractivity contribution in [2.45, 2.75) is 33.2 Å². The Bertz CT molecular complexity index is 479. The first kappa shape index (κ1) is 15.4. The van der Waals surface area contributed by atoms with Gasteiger partial charge in [-0.1, -0.05) is 0 Å². The van der Waals surface area contributed by atoms with E-state index < -0.39 is 0 Å². The maximum Gasteiger partial charge on any atom is 0.350 e. The summed E-state index contributed by atoms with van der Waals surface area (Å²) in [4.78, 5) is 19.6. The van der Waals surface area contributed by atoms with Crippen LogP contribution in [0.4, 0.5) is 0 Å². The molecule has 0 bridgehead atoms. The second kappa shape index (κ2) is 6.20. The number of aromatic nitrogens is 1. The topological polar surface area (TPSA) is 54.5 Å². The lowest BCUT2D eigenvalue weighted by Gasteiger charge is -2.39. The number of ether oxygens (including phenoxy) is 1. The lowest BCUT2D eigenvalue weighted by atomic mass is 10.0. The Kier molecular flexibility index (Phi) is 4.78. The van der Waals surface area contributed by atoms with Gasteiger partial charge in [0, 0.05) is 26.2 Å². The van der Waals surface area contributed by atoms with Gasteiger partial charge in [-0.15, -0.1) is 11.3 Å². The van der Waals surface area contributed by atoms with Crippen LogP contribution in [0, 0.1) is 6.92 Å². The van der Waals surface area contributed by atoms with Gasteiger partial charge < -0.3 is 10.1 Å². The van der Waals surface area contributed by atoms with Gasteiger partial charge in [-0.3, -0.25) is 4.90 Å². The summed E-state index contributed by atoms with van der Waals surface area (Å²) >= 11 is 1.46. The SMILES string of the molecule is CCOC(=O)c1sc(C(C)(C)N2CCNCC2)nc1C. The number of hydrogen-bond donors (Lipinski definition) is 1. The van der Waals surface area contributed by atoms with Crippen molar-refractivity contribution in [3.63, 3.8) is 0 Å². The molecule has 2 rings (SSSR count). The normalized spacial score (nSPS) is 17.2. The van der Waals surface area contributed by atoms with Crippen LogP contribution in [0.1, 0.15) is 41.1 Å². The molecule has 2 heterocycles. The van der Waals surface area contributed by atoms with Crippen molar-refractivity contribution in [2.24, 2.45) is 0 Å². The molecule has 5 nitrogen and oxygen atoms in total. The van der Waals surface area contributed by atoms with Crippen LogP contribution in [-0.2, 0) is 10.3 Å². The van der Waals surface area contributed by atoms with Crippen molar-refractivity contribution in [1.29, 1.82) is 0 Å². The molecule has 1 saturated heterocycles. The minimum Gasteiger partial charge on any atom is -0.462 e. The van der Waals surface area contributed by atoms with Crippen LogP contribution < -0.4 is 5.32 Å². The van der Waals surface area contributed by atoms with Gasteiger partial charge in [-0.05, 0) is 27.7 Å². The highest BCUT2D eigenvalue weighted by atomic mass is 32.1. The van der Waals surface area contributed by atoms with Crippen LogP contribution in [0.3, 0.4) is 0 Å². The van der Waals surface area contributed by atoms with Crippen LogP contribution in [0.15, 0.2) is 0 Å². The van der Waals surface area contributed by atoms with Gasteiger partial charge in [0.25, 0.3) is 0 Å². The minimum atomic E-state index is -0.259. The molecule has 1 aliphatic rings. The molecule has 20 heavy (non-hydrogen) atoms. The highest BCUT2D eigenvalue weighted by molar-refractivity contribution is 7.13. The first-order valence-electron chi connectivity index (χ1n) is 7.07. The molecule has 112 valence electrons. The lowest BCUT2D eigenvalue weighted by molar-refractivity contribution is 0.0531. The number of carbonyl (C=O) groups is 1. The van der Waals surface area contributed by atoms with Crippen molar-refractivity contribution in [3.8, 4) is 0 Å². The van der Waals surface area contributed by atoms with Gasteiger partial charge in [0.15, 0.2) is 0 Å². The Labute approximate surface area is 124 Å². The van der Waals surface area contributed by atoms with E-state index in [0.29, 0.717) is 11.5 Å². The fourth-order valence-corrected chi connectivity index (χ4v) is 3.49. The van der Waals surface area contributed by atoms with E-state index in [9.17, 15) is 4.79 Å². The molecule has 1 aliphatic heterocycles. The van der Waals surface area contributed by atoms with E-state index in [1.165, 1.54) is 11.3 Å². The molecule has 0 unspecified atom stereocenters. The van der Waals surface area contributed by atoms with Crippen molar-refractivity contribution in [3.05, 3.63) is 15.6 Å². The van der Waals surface area contributed by atoms with Crippen LogP contribution in [-0.4, -0.2) is 48.6 Å². The maximum atomic E-state index is 11.9. The zero-order chi connectivity index (χ0) is 14.8. The highest BCUT2D eigenvalue weighted by Crippen LogP contribution is 2.33. The standard InChI is InChI=1S/C14H23N3O2S/c1-5-19-12(18)11-10(2)16-13(20-11)14(3,4)17-8-6-15-7-9-17/h15H,5-9H2,1-4H3. The molecule has 0 amide bonds. The third kappa shape index (κ3) is 3.02.